The van der Waals surface area contributed by atoms with E-state index in [0.717, 1.165) is 41.3 Å². The summed E-state index contributed by atoms with van der Waals surface area (Å²) in [6, 6.07) is 3.69. The summed E-state index contributed by atoms with van der Waals surface area (Å²) in [7, 11) is 3.77. The fourth-order valence-electron chi connectivity index (χ4n) is 3.12. The highest BCUT2D eigenvalue weighted by Gasteiger charge is 2.16. The molecule has 0 saturated carbocycles. The Kier molecular flexibility index (Phi) is 3.57. The minimum Gasteiger partial charge on any atom is -0.374 e. The van der Waals surface area contributed by atoms with E-state index in [2.05, 4.69) is 10.2 Å². The maximum Gasteiger partial charge on any atom is 0.193 e. The first kappa shape index (κ1) is 13.9. The molecule has 0 spiro atoms. The van der Waals surface area contributed by atoms with E-state index in [1.54, 1.807) is 6.07 Å². The van der Waals surface area contributed by atoms with Crippen molar-refractivity contribution in [1.29, 1.82) is 0 Å². The third-order valence-electron chi connectivity index (χ3n) is 4.31. The highest BCUT2D eigenvalue weighted by molar-refractivity contribution is 5.82. The lowest BCUT2D eigenvalue weighted by Gasteiger charge is -2.28. The van der Waals surface area contributed by atoms with Gasteiger partial charge in [0, 0.05) is 33.3 Å². The standard InChI is InChI=1S/C16H22N4O/c1-11-9-14(20-7-5-4-6-8-20)18-16-15(11)12(21)10-13(17-2)19(16)3/h9-10,17H,4-8H2,1-3H3. The molecule has 0 amide bonds. The SMILES string of the molecule is CNc1cc(=O)c2c(C)cc(N3CCCCC3)nc2n1C. The van der Waals surface area contributed by atoms with Crippen LogP contribution < -0.4 is 15.6 Å². The normalized spacial score (nSPS) is 15.5. The molecule has 21 heavy (non-hydrogen) atoms. The lowest BCUT2D eigenvalue weighted by Crippen LogP contribution is -2.30. The molecule has 5 nitrogen and oxygen atoms in total. The monoisotopic (exact) mass is 286 g/mol. The zero-order valence-corrected chi connectivity index (χ0v) is 12.9. The van der Waals surface area contributed by atoms with Gasteiger partial charge in [-0.05, 0) is 37.8 Å². The van der Waals surface area contributed by atoms with E-state index in [4.69, 9.17) is 4.98 Å². The maximum absolute atomic E-state index is 12.3. The van der Waals surface area contributed by atoms with Gasteiger partial charge in [0.1, 0.15) is 17.3 Å². The fraction of sp³-hybridized carbons (Fsp3) is 0.500. The Morgan fingerprint density at radius 2 is 1.90 bits per heavy atom. The first-order chi connectivity index (χ1) is 10.1. The number of hydrogen-bond acceptors (Lipinski definition) is 4. The van der Waals surface area contributed by atoms with Crippen molar-refractivity contribution >= 4 is 22.7 Å². The van der Waals surface area contributed by atoms with Crippen molar-refractivity contribution in [1.82, 2.24) is 9.55 Å². The van der Waals surface area contributed by atoms with Gasteiger partial charge >= 0.3 is 0 Å². The molecule has 0 unspecified atom stereocenters. The van der Waals surface area contributed by atoms with Crippen LogP contribution in [-0.4, -0.2) is 29.7 Å². The first-order valence-electron chi connectivity index (χ1n) is 7.56. The maximum atomic E-state index is 12.3. The van der Waals surface area contributed by atoms with Crippen molar-refractivity contribution in [3.63, 3.8) is 0 Å². The predicted molar refractivity (Wildman–Crippen MR) is 87.3 cm³/mol. The minimum absolute atomic E-state index is 0.0302. The van der Waals surface area contributed by atoms with Crippen molar-refractivity contribution in [2.24, 2.45) is 7.05 Å². The Bertz CT molecular complexity index is 729. The van der Waals surface area contributed by atoms with Crippen LogP contribution in [0.4, 0.5) is 11.6 Å². The molecule has 112 valence electrons. The van der Waals surface area contributed by atoms with Gasteiger partial charge in [-0.2, -0.15) is 0 Å². The molecular weight excluding hydrogens is 264 g/mol. The average molecular weight is 286 g/mol. The Morgan fingerprint density at radius 1 is 1.19 bits per heavy atom. The van der Waals surface area contributed by atoms with Crippen LogP contribution >= 0.6 is 0 Å². The van der Waals surface area contributed by atoms with Crippen LogP contribution in [0.25, 0.3) is 11.0 Å². The molecule has 1 saturated heterocycles. The van der Waals surface area contributed by atoms with E-state index < -0.39 is 0 Å². The van der Waals surface area contributed by atoms with Crippen LogP contribution in [-0.2, 0) is 7.05 Å². The van der Waals surface area contributed by atoms with Gasteiger partial charge in [0.15, 0.2) is 5.43 Å². The molecule has 0 aromatic carbocycles. The van der Waals surface area contributed by atoms with Gasteiger partial charge in [0.2, 0.25) is 0 Å². The van der Waals surface area contributed by atoms with E-state index in [-0.39, 0.29) is 5.43 Å². The number of hydrogen-bond donors (Lipinski definition) is 1. The van der Waals surface area contributed by atoms with E-state index in [1.165, 1.54) is 19.3 Å². The van der Waals surface area contributed by atoms with Crippen LogP contribution in [0.15, 0.2) is 16.9 Å². The molecule has 0 aliphatic carbocycles. The number of rotatable bonds is 2. The highest BCUT2D eigenvalue weighted by atomic mass is 16.1. The third kappa shape index (κ3) is 2.37. The molecule has 2 aromatic heterocycles. The number of nitrogens with one attached hydrogen (secondary N) is 1. The summed E-state index contributed by atoms with van der Waals surface area (Å²) in [5.41, 5.74) is 1.79. The van der Waals surface area contributed by atoms with Crippen molar-refractivity contribution in [3.05, 3.63) is 27.9 Å². The second-order valence-corrected chi connectivity index (χ2v) is 5.75. The summed E-state index contributed by atoms with van der Waals surface area (Å²) < 4.78 is 1.96. The topological polar surface area (TPSA) is 50.2 Å². The van der Waals surface area contributed by atoms with Crippen LogP contribution in [0.2, 0.25) is 0 Å². The van der Waals surface area contributed by atoms with Gasteiger partial charge in [-0.15, -0.1) is 0 Å². The second kappa shape index (κ2) is 5.39. The highest BCUT2D eigenvalue weighted by Crippen LogP contribution is 2.24. The predicted octanol–water partition coefficient (Wildman–Crippen LogP) is 2.27. The molecule has 3 rings (SSSR count). The largest absolute Gasteiger partial charge is 0.374 e. The fourth-order valence-corrected chi connectivity index (χ4v) is 3.12. The lowest BCUT2D eigenvalue weighted by atomic mass is 10.1. The summed E-state index contributed by atoms with van der Waals surface area (Å²) in [4.78, 5) is 19.4. The smallest absolute Gasteiger partial charge is 0.193 e. The molecule has 0 atom stereocenters. The van der Waals surface area contributed by atoms with Gasteiger partial charge in [-0.1, -0.05) is 0 Å². The number of aromatic nitrogens is 2. The van der Waals surface area contributed by atoms with Crippen molar-refractivity contribution in [2.45, 2.75) is 26.2 Å². The van der Waals surface area contributed by atoms with E-state index >= 15 is 0 Å². The number of fused-ring (bicyclic) bond motifs is 1. The van der Waals surface area contributed by atoms with Gasteiger partial charge < -0.3 is 14.8 Å². The van der Waals surface area contributed by atoms with E-state index in [0.29, 0.717) is 0 Å². The Balaban J connectivity index is 2.22. The molecule has 1 aliphatic heterocycles. The molecule has 2 aromatic rings. The summed E-state index contributed by atoms with van der Waals surface area (Å²) in [6.45, 7) is 4.10. The molecule has 3 heterocycles. The number of piperidine rings is 1. The molecule has 1 N–H and O–H groups in total. The minimum atomic E-state index is 0.0302. The lowest BCUT2D eigenvalue weighted by molar-refractivity contribution is 0.573. The summed E-state index contributed by atoms with van der Waals surface area (Å²) in [6.07, 6.45) is 3.73. The number of pyridine rings is 2. The summed E-state index contributed by atoms with van der Waals surface area (Å²) in [5, 5.41) is 3.78. The second-order valence-electron chi connectivity index (χ2n) is 5.75. The van der Waals surface area contributed by atoms with Crippen molar-refractivity contribution in [2.75, 3.05) is 30.4 Å². The van der Waals surface area contributed by atoms with Crippen LogP contribution in [0.5, 0.6) is 0 Å². The number of anilines is 2. The third-order valence-corrected chi connectivity index (χ3v) is 4.31. The molecular formula is C16H22N4O. The van der Waals surface area contributed by atoms with Gasteiger partial charge in [-0.25, -0.2) is 4.98 Å². The number of nitrogens with zero attached hydrogens (tertiary/aromatic N) is 3. The summed E-state index contributed by atoms with van der Waals surface area (Å²) >= 11 is 0. The van der Waals surface area contributed by atoms with Gasteiger partial charge in [0.05, 0.1) is 5.39 Å². The van der Waals surface area contributed by atoms with Gasteiger partial charge in [0.25, 0.3) is 0 Å². The Morgan fingerprint density at radius 3 is 2.57 bits per heavy atom. The Hall–Kier alpha value is -2.04. The zero-order chi connectivity index (χ0) is 15.0. The Labute approximate surface area is 124 Å². The van der Waals surface area contributed by atoms with Crippen LogP contribution in [0, 0.1) is 6.92 Å². The van der Waals surface area contributed by atoms with E-state index in [9.17, 15) is 4.79 Å². The van der Waals surface area contributed by atoms with Crippen molar-refractivity contribution in [3.8, 4) is 0 Å². The zero-order valence-electron chi connectivity index (χ0n) is 12.9. The molecule has 1 aliphatic rings. The van der Waals surface area contributed by atoms with Gasteiger partial charge in [-0.3, -0.25) is 4.79 Å². The molecule has 0 bridgehead atoms. The average Bonchev–Trinajstić information content (AvgIpc) is 2.51. The molecule has 5 heteroatoms. The quantitative estimate of drug-likeness (QED) is 0.920. The summed E-state index contributed by atoms with van der Waals surface area (Å²) in [5.74, 6) is 1.78. The molecule has 0 radical (unpaired) electrons. The van der Waals surface area contributed by atoms with Crippen molar-refractivity contribution < 1.29 is 0 Å². The van der Waals surface area contributed by atoms with Crippen LogP contribution in [0.3, 0.4) is 0 Å². The van der Waals surface area contributed by atoms with Crippen LogP contribution in [0.1, 0.15) is 24.8 Å². The molecule has 1 fully saturated rings. The van der Waals surface area contributed by atoms with E-state index in [1.807, 2.05) is 31.7 Å². The first-order valence-corrected chi connectivity index (χ1v) is 7.56. The number of aryl methyl sites for hydroxylation is 2.